The maximum Gasteiger partial charge on any atom is 0.325 e. The first-order valence-electron chi connectivity index (χ1n) is 7.41. The highest BCUT2D eigenvalue weighted by Crippen LogP contribution is 2.24. The lowest BCUT2D eigenvalue weighted by Crippen LogP contribution is -2.45. The third-order valence-corrected chi connectivity index (χ3v) is 3.59. The molecule has 0 radical (unpaired) electrons. The number of carbonyl (C=O) groups is 3. The van der Waals surface area contributed by atoms with Crippen LogP contribution in [0.3, 0.4) is 0 Å². The summed E-state index contributed by atoms with van der Waals surface area (Å²) < 4.78 is 12.8. The molecule has 1 heterocycles. The van der Waals surface area contributed by atoms with E-state index in [1.165, 1.54) is 24.3 Å². The molecule has 1 saturated heterocycles. The summed E-state index contributed by atoms with van der Waals surface area (Å²) in [5.41, 5.74) is -0.588. The summed E-state index contributed by atoms with van der Waals surface area (Å²) in [4.78, 5) is 37.3. The molecule has 0 aliphatic carbocycles. The van der Waals surface area contributed by atoms with Gasteiger partial charge in [0.25, 0.3) is 5.91 Å². The molecule has 4 amide bonds. The number of nitrogens with zero attached hydrogens (tertiary/aromatic N) is 1. The molecule has 0 saturated carbocycles. The number of amides is 4. The van der Waals surface area contributed by atoms with Crippen molar-refractivity contribution in [3.05, 3.63) is 30.1 Å². The predicted molar refractivity (Wildman–Crippen MR) is 83.1 cm³/mol. The van der Waals surface area contributed by atoms with Gasteiger partial charge in [0.05, 0.1) is 0 Å². The summed E-state index contributed by atoms with van der Waals surface area (Å²) in [6, 6.07) is 4.66. The van der Waals surface area contributed by atoms with Crippen molar-refractivity contribution in [1.29, 1.82) is 0 Å². The molecule has 0 spiro atoms. The number of carbonyl (C=O) groups excluding carboxylic acids is 3. The van der Waals surface area contributed by atoms with E-state index in [9.17, 15) is 18.8 Å². The van der Waals surface area contributed by atoms with Crippen LogP contribution < -0.4 is 10.6 Å². The Morgan fingerprint density at radius 2 is 1.91 bits per heavy atom. The number of halogens is 1. The zero-order valence-corrected chi connectivity index (χ0v) is 13.4. The van der Waals surface area contributed by atoms with E-state index in [1.54, 1.807) is 6.92 Å². The molecule has 0 bridgehead atoms. The van der Waals surface area contributed by atoms with E-state index in [2.05, 4.69) is 10.6 Å². The van der Waals surface area contributed by atoms with Crippen LogP contribution >= 0.6 is 0 Å². The average Bonchev–Trinajstić information content (AvgIpc) is 2.64. The molecule has 23 heavy (non-hydrogen) atoms. The van der Waals surface area contributed by atoms with Gasteiger partial charge in [-0.3, -0.25) is 14.5 Å². The fourth-order valence-electron chi connectivity index (χ4n) is 2.72. The van der Waals surface area contributed by atoms with Gasteiger partial charge in [0.1, 0.15) is 17.9 Å². The van der Waals surface area contributed by atoms with Gasteiger partial charge >= 0.3 is 6.03 Å². The lowest BCUT2D eigenvalue weighted by atomic mass is 9.91. The topological polar surface area (TPSA) is 78.5 Å². The van der Waals surface area contributed by atoms with Crippen molar-refractivity contribution in [1.82, 2.24) is 10.2 Å². The second-order valence-corrected chi connectivity index (χ2v) is 6.31. The molecule has 6 nitrogen and oxygen atoms in total. The Hall–Kier alpha value is -2.44. The highest BCUT2D eigenvalue weighted by molar-refractivity contribution is 6.09. The Bertz CT molecular complexity index is 630. The molecule has 0 aromatic heterocycles. The van der Waals surface area contributed by atoms with Crippen molar-refractivity contribution in [2.45, 2.75) is 32.7 Å². The summed E-state index contributed by atoms with van der Waals surface area (Å²) in [6.45, 7) is 5.18. The first-order valence-corrected chi connectivity index (χ1v) is 7.41. The van der Waals surface area contributed by atoms with Gasteiger partial charge in [-0.2, -0.15) is 0 Å². The minimum Gasteiger partial charge on any atom is -0.325 e. The van der Waals surface area contributed by atoms with Crippen molar-refractivity contribution in [3.8, 4) is 0 Å². The van der Waals surface area contributed by atoms with Gasteiger partial charge in [-0.25, -0.2) is 9.18 Å². The number of imide groups is 1. The fourth-order valence-corrected chi connectivity index (χ4v) is 2.72. The first kappa shape index (κ1) is 16.9. The molecule has 0 unspecified atom stereocenters. The van der Waals surface area contributed by atoms with Crippen LogP contribution in [0, 0.1) is 11.7 Å². The first-order chi connectivity index (χ1) is 10.7. The number of urea groups is 1. The fraction of sp³-hybridized carbons (Fsp3) is 0.438. The normalized spacial score (nSPS) is 20.8. The Morgan fingerprint density at radius 1 is 1.30 bits per heavy atom. The minimum absolute atomic E-state index is 0.220. The van der Waals surface area contributed by atoms with Gasteiger partial charge < -0.3 is 10.6 Å². The van der Waals surface area contributed by atoms with Gasteiger partial charge in [-0.15, -0.1) is 0 Å². The van der Waals surface area contributed by atoms with Crippen LogP contribution in [0.4, 0.5) is 14.9 Å². The van der Waals surface area contributed by atoms with Gasteiger partial charge in [0.15, 0.2) is 0 Å². The van der Waals surface area contributed by atoms with E-state index in [0.29, 0.717) is 12.1 Å². The molecule has 1 aliphatic rings. The lowest BCUT2D eigenvalue weighted by Gasteiger charge is -2.23. The van der Waals surface area contributed by atoms with Gasteiger partial charge in [0, 0.05) is 5.69 Å². The predicted octanol–water partition coefficient (Wildman–Crippen LogP) is 2.12. The van der Waals surface area contributed by atoms with Crippen molar-refractivity contribution in [3.63, 3.8) is 0 Å². The maximum absolute atomic E-state index is 12.8. The van der Waals surface area contributed by atoms with Crippen molar-refractivity contribution in [2.24, 2.45) is 5.92 Å². The molecule has 124 valence electrons. The summed E-state index contributed by atoms with van der Waals surface area (Å²) >= 11 is 0. The monoisotopic (exact) mass is 321 g/mol. The van der Waals surface area contributed by atoms with Gasteiger partial charge in [0.2, 0.25) is 5.91 Å². The smallest absolute Gasteiger partial charge is 0.325 e. The molecule has 7 heteroatoms. The highest BCUT2D eigenvalue weighted by atomic mass is 19.1. The van der Waals surface area contributed by atoms with Crippen LogP contribution in [0.25, 0.3) is 0 Å². The Balaban J connectivity index is 2.02. The second-order valence-electron chi connectivity index (χ2n) is 6.31. The van der Waals surface area contributed by atoms with Crippen molar-refractivity contribution >= 4 is 23.5 Å². The molecular formula is C16H20FN3O3. The summed E-state index contributed by atoms with van der Waals surface area (Å²) in [7, 11) is 0. The molecule has 1 atom stereocenters. The zero-order valence-electron chi connectivity index (χ0n) is 13.4. The SMILES string of the molecule is CC(C)C[C@@]1(C)NC(=O)N(CC(=O)Nc2ccc(F)cc2)C1=O. The third kappa shape index (κ3) is 3.85. The van der Waals surface area contributed by atoms with Crippen LogP contribution in [0.5, 0.6) is 0 Å². The van der Waals surface area contributed by atoms with Crippen LogP contribution in [-0.2, 0) is 9.59 Å². The highest BCUT2D eigenvalue weighted by Gasteiger charge is 2.48. The summed E-state index contributed by atoms with van der Waals surface area (Å²) in [6.07, 6.45) is 0.494. The number of benzene rings is 1. The molecule has 2 N–H and O–H groups in total. The van der Waals surface area contributed by atoms with Crippen LogP contribution in [0.2, 0.25) is 0 Å². The average molecular weight is 321 g/mol. The van der Waals surface area contributed by atoms with E-state index in [1.807, 2.05) is 13.8 Å². The number of hydrogen-bond acceptors (Lipinski definition) is 3. The number of anilines is 1. The van der Waals surface area contributed by atoms with Crippen molar-refractivity contribution in [2.75, 3.05) is 11.9 Å². The molecule has 1 fully saturated rings. The zero-order chi connectivity index (χ0) is 17.2. The molecule has 1 aliphatic heterocycles. The summed E-state index contributed by atoms with van der Waals surface area (Å²) in [5.74, 6) is -1.13. The van der Waals surface area contributed by atoms with Gasteiger partial charge in [-0.05, 0) is 43.5 Å². The minimum atomic E-state index is -0.985. The van der Waals surface area contributed by atoms with E-state index in [0.717, 1.165) is 4.90 Å². The Morgan fingerprint density at radius 3 is 2.48 bits per heavy atom. The third-order valence-electron chi connectivity index (χ3n) is 3.59. The number of rotatable bonds is 5. The Kier molecular flexibility index (Phi) is 4.68. The quantitative estimate of drug-likeness (QED) is 0.815. The molecule has 1 aromatic rings. The second kappa shape index (κ2) is 6.36. The molecule has 2 rings (SSSR count). The van der Waals surface area contributed by atoms with Gasteiger partial charge in [-0.1, -0.05) is 13.8 Å². The largest absolute Gasteiger partial charge is 0.325 e. The summed E-state index contributed by atoms with van der Waals surface area (Å²) in [5, 5.41) is 5.17. The van der Waals surface area contributed by atoms with E-state index in [-0.39, 0.29) is 12.5 Å². The molecule has 1 aromatic carbocycles. The number of hydrogen-bond donors (Lipinski definition) is 2. The van der Waals surface area contributed by atoms with E-state index >= 15 is 0 Å². The lowest BCUT2D eigenvalue weighted by molar-refractivity contribution is -0.133. The van der Waals surface area contributed by atoms with Crippen molar-refractivity contribution < 1.29 is 18.8 Å². The standard InChI is InChI=1S/C16H20FN3O3/c1-10(2)8-16(3)14(22)20(15(23)19-16)9-13(21)18-12-6-4-11(17)5-7-12/h4-7,10H,8-9H2,1-3H3,(H,18,21)(H,19,23)/t16-/m1/s1. The van der Waals surface area contributed by atoms with Crippen LogP contribution in [-0.4, -0.2) is 34.8 Å². The van der Waals surface area contributed by atoms with Crippen LogP contribution in [0.1, 0.15) is 27.2 Å². The van der Waals surface area contributed by atoms with Crippen LogP contribution in [0.15, 0.2) is 24.3 Å². The Labute approximate surface area is 134 Å². The maximum atomic E-state index is 12.8. The molecular weight excluding hydrogens is 301 g/mol. The van der Waals surface area contributed by atoms with E-state index in [4.69, 9.17) is 0 Å². The van der Waals surface area contributed by atoms with E-state index < -0.39 is 29.2 Å². The number of nitrogens with one attached hydrogen (secondary N) is 2.